The first-order chi connectivity index (χ1) is 8.00. The van der Waals surface area contributed by atoms with Crippen molar-refractivity contribution in [2.75, 3.05) is 19.8 Å². The van der Waals surface area contributed by atoms with Gasteiger partial charge in [0.2, 0.25) is 0 Å². The van der Waals surface area contributed by atoms with Crippen molar-refractivity contribution < 1.29 is 9.53 Å². The van der Waals surface area contributed by atoms with Crippen molar-refractivity contribution in [3.63, 3.8) is 0 Å². The molecule has 1 N–H and O–H groups in total. The summed E-state index contributed by atoms with van der Waals surface area (Å²) in [4.78, 5) is 13.2. The lowest BCUT2D eigenvalue weighted by Crippen LogP contribution is -2.48. The van der Waals surface area contributed by atoms with Gasteiger partial charge in [0, 0.05) is 22.2 Å². The molecule has 1 aliphatic rings. The first-order valence-electron chi connectivity index (χ1n) is 5.94. The minimum absolute atomic E-state index is 0.0290. The highest BCUT2D eigenvalue weighted by molar-refractivity contribution is 7.10. The summed E-state index contributed by atoms with van der Waals surface area (Å²) in [5.74, 6) is 0.514. The van der Waals surface area contributed by atoms with Gasteiger partial charge in [0.1, 0.15) is 0 Å². The predicted octanol–water partition coefficient (Wildman–Crippen LogP) is 2.64. The van der Waals surface area contributed by atoms with E-state index in [0.717, 1.165) is 18.8 Å². The van der Waals surface area contributed by atoms with Crippen molar-refractivity contribution in [3.8, 4) is 0 Å². The van der Waals surface area contributed by atoms with Gasteiger partial charge < -0.3 is 10.1 Å². The number of amides is 1. The molecule has 2 rings (SSSR count). The smallest absolute Gasteiger partial charge is 0.252 e. The molecule has 0 saturated carbocycles. The Morgan fingerprint density at radius 2 is 2.29 bits per heavy atom. The number of thiophene rings is 1. The average molecular weight is 253 g/mol. The van der Waals surface area contributed by atoms with E-state index >= 15 is 0 Å². The zero-order chi connectivity index (χ0) is 12.5. The Hall–Kier alpha value is -0.870. The summed E-state index contributed by atoms with van der Waals surface area (Å²) >= 11 is 1.65. The average Bonchev–Trinajstić information content (AvgIpc) is 2.72. The normalized spacial score (nSPS) is 17.9. The van der Waals surface area contributed by atoms with E-state index in [4.69, 9.17) is 4.74 Å². The molecule has 94 valence electrons. The van der Waals surface area contributed by atoms with Crippen molar-refractivity contribution in [2.24, 2.45) is 5.41 Å². The summed E-state index contributed by atoms with van der Waals surface area (Å²) in [6, 6.07) is 1.99. The third-order valence-corrected chi connectivity index (χ3v) is 4.26. The minimum atomic E-state index is 0.0290. The van der Waals surface area contributed by atoms with Crippen molar-refractivity contribution in [2.45, 2.75) is 26.7 Å². The van der Waals surface area contributed by atoms with E-state index in [1.54, 1.807) is 11.3 Å². The maximum atomic E-state index is 11.9. The molecule has 0 aliphatic carbocycles. The van der Waals surface area contributed by atoms with Gasteiger partial charge in [-0.3, -0.25) is 4.79 Å². The Bertz CT molecular complexity index is 407. The Kier molecular flexibility index (Phi) is 3.54. The Morgan fingerprint density at radius 3 is 2.76 bits per heavy atom. The largest absolute Gasteiger partial charge is 0.380 e. The molecular weight excluding hydrogens is 234 g/mol. The van der Waals surface area contributed by atoms with Gasteiger partial charge in [0.15, 0.2) is 0 Å². The van der Waals surface area contributed by atoms with E-state index in [1.165, 1.54) is 4.88 Å². The van der Waals surface area contributed by atoms with Crippen molar-refractivity contribution in [1.82, 2.24) is 5.32 Å². The van der Waals surface area contributed by atoms with Gasteiger partial charge in [-0.2, -0.15) is 0 Å². The van der Waals surface area contributed by atoms with Crippen molar-refractivity contribution in [3.05, 3.63) is 21.9 Å². The van der Waals surface area contributed by atoms with Crippen LogP contribution >= 0.6 is 11.3 Å². The zero-order valence-electron chi connectivity index (χ0n) is 10.6. The summed E-state index contributed by atoms with van der Waals surface area (Å²) < 4.78 is 5.16. The molecule has 1 aromatic rings. The van der Waals surface area contributed by atoms with Crippen LogP contribution in [0.1, 0.15) is 41.9 Å². The van der Waals surface area contributed by atoms with E-state index in [2.05, 4.69) is 26.1 Å². The molecule has 1 saturated heterocycles. The van der Waals surface area contributed by atoms with Crippen LogP contribution in [0.2, 0.25) is 0 Å². The standard InChI is InChI=1S/C13H19NO2S/c1-9(2)11-4-10(5-17-11)12(15)14-6-13(3)7-16-8-13/h4-5,9H,6-8H2,1-3H3,(H,14,15). The summed E-state index contributed by atoms with van der Waals surface area (Å²) in [7, 11) is 0. The predicted molar refractivity (Wildman–Crippen MR) is 69.7 cm³/mol. The fourth-order valence-corrected chi connectivity index (χ4v) is 2.63. The SMILES string of the molecule is CC(C)c1cc(C(=O)NCC2(C)COC2)cs1. The number of ether oxygens (including phenoxy) is 1. The second-order valence-electron chi connectivity index (χ2n) is 5.38. The fourth-order valence-electron chi connectivity index (χ4n) is 1.72. The fraction of sp³-hybridized carbons (Fsp3) is 0.615. The maximum absolute atomic E-state index is 11.9. The Morgan fingerprint density at radius 1 is 1.59 bits per heavy atom. The van der Waals surface area contributed by atoms with Gasteiger partial charge >= 0.3 is 0 Å². The van der Waals surface area contributed by atoms with Gasteiger partial charge in [-0.1, -0.05) is 20.8 Å². The number of hydrogen-bond acceptors (Lipinski definition) is 3. The molecule has 1 aromatic heterocycles. The van der Waals surface area contributed by atoms with Crippen LogP contribution in [0.25, 0.3) is 0 Å². The van der Waals surface area contributed by atoms with Crippen LogP contribution in [0.3, 0.4) is 0 Å². The lowest BCUT2D eigenvalue weighted by atomic mass is 9.89. The number of hydrogen-bond donors (Lipinski definition) is 1. The summed E-state index contributed by atoms with van der Waals surface area (Å²) in [5, 5.41) is 4.92. The summed E-state index contributed by atoms with van der Waals surface area (Å²) in [6.07, 6.45) is 0. The van der Waals surface area contributed by atoms with Crippen LogP contribution in [0.5, 0.6) is 0 Å². The lowest BCUT2D eigenvalue weighted by Gasteiger charge is -2.37. The van der Waals surface area contributed by atoms with E-state index in [1.807, 2.05) is 11.4 Å². The highest BCUT2D eigenvalue weighted by Gasteiger charge is 2.33. The van der Waals surface area contributed by atoms with Crippen LogP contribution < -0.4 is 5.32 Å². The van der Waals surface area contributed by atoms with E-state index in [-0.39, 0.29) is 11.3 Å². The molecule has 0 radical (unpaired) electrons. The number of carbonyl (C=O) groups is 1. The molecule has 0 aromatic carbocycles. The summed E-state index contributed by atoms with van der Waals surface area (Å²) in [5.41, 5.74) is 0.912. The molecule has 0 atom stereocenters. The van der Waals surface area contributed by atoms with Gasteiger partial charge in [-0.25, -0.2) is 0 Å². The maximum Gasteiger partial charge on any atom is 0.252 e. The number of carbonyl (C=O) groups excluding carboxylic acids is 1. The van der Waals surface area contributed by atoms with Crippen LogP contribution in [0.15, 0.2) is 11.4 Å². The van der Waals surface area contributed by atoms with Crippen LogP contribution in [-0.2, 0) is 4.74 Å². The lowest BCUT2D eigenvalue weighted by molar-refractivity contribution is -0.0978. The molecule has 2 heterocycles. The molecule has 0 spiro atoms. The van der Waals surface area contributed by atoms with E-state index in [9.17, 15) is 4.79 Å². The quantitative estimate of drug-likeness (QED) is 0.896. The van der Waals surface area contributed by atoms with Gasteiger partial charge in [0.05, 0.1) is 18.8 Å². The topological polar surface area (TPSA) is 38.3 Å². The molecule has 1 aliphatic heterocycles. The van der Waals surface area contributed by atoms with Gasteiger partial charge in [-0.15, -0.1) is 11.3 Å². The molecule has 0 bridgehead atoms. The highest BCUT2D eigenvalue weighted by Crippen LogP contribution is 2.26. The summed E-state index contributed by atoms with van der Waals surface area (Å²) in [6.45, 7) is 8.59. The first-order valence-corrected chi connectivity index (χ1v) is 6.82. The monoisotopic (exact) mass is 253 g/mol. The van der Waals surface area contributed by atoms with Crippen LogP contribution in [0, 0.1) is 5.41 Å². The van der Waals surface area contributed by atoms with Gasteiger partial charge in [0.25, 0.3) is 5.91 Å². The minimum Gasteiger partial charge on any atom is -0.380 e. The molecule has 0 unspecified atom stereocenters. The molecule has 17 heavy (non-hydrogen) atoms. The zero-order valence-corrected chi connectivity index (χ0v) is 11.4. The molecule has 1 fully saturated rings. The third-order valence-electron chi connectivity index (χ3n) is 3.03. The molecule has 3 nitrogen and oxygen atoms in total. The molecular formula is C13H19NO2S. The van der Waals surface area contributed by atoms with Crippen molar-refractivity contribution in [1.29, 1.82) is 0 Å². The van der Waals surface area contributed by atoms with E-state index in [0.29, 0.717) is 12.5 Å². The second kappa shape index (κ2) is 4.78. The van der Waals surface area contributed by atoms with Gasteiger partial charge in [-0.05, 0) is 12.0 Å². The van der Waals surface area contributed by atoms with Crippen molar-refractivity contribution >= 4 is 17.2 Å². The highest BCUT2D eigenvalue weighted by atomic mass is 32.1. The third kappa shape index (κ3) is 2.87. The Balaban J connectivity index is 1.90. The van der Waals surface area contributed by atoms with Crippen LogP contribution in [0.4, 0.5) is 0 Å². The molecule has 1 amide bonds. The Labute approximate surface area is 106 Å². The van der Waals surface area contributed by atoms with E-state index < -0.39 is 0 Å². The second-order valence-corrected chi connectivity index (χ2v) is 6.32. The number of rotatable bonds is 4. The first kappa shape index (κ1) is 12.6. The number of nitrogens with one attached hydrogen (secondary N) is 1. The molecule has 4 heteroatoms. The van der Waals surface area contributed by atoms with Crippen LogP contribution in [-0.4, -0.2) is 25.7 Å².